The number of halogens is 3. The highest BCUT2D eigenvalue weighted by Gasteiger charge is 2.32. The SMILES string of the molecule is CN(CC1CCN(C(=O)C2CCOC2)CC1)c1cc(C(F)(F)F)ccn1. The molecule has 1 amide bonds. The van der Waals surface area contributed by atoms with Crippen molar-refractivity contribution in [1.82, 2.24) is 9.88 Å². The van der Waals surface area contributed by atoms with E-state index in [4.69, 9.17) is 4.74 Å². The predicted molar refractivity (Wildman–Crippen MR) is 90.7 cm³/mol. The fourth-order valence-corrected chi connectivity index (χ4v) is 3.61. The van der Waals surface area contributed by atoms with Gasteiger partial charge in [-0.2, -0.15) is 13.2 Å². The van der Waals surface area contributed by atoms with Crippen molar-refractivity contribution < 1.29 is 22.7 Å². The third-order valence-corrected chi connectivity index (χ3v) is 5.20. The van der Waals surface area contributed by atoms with Gasteiger partial charge < -0.3 is 14.5 Å². The number of hydrogen-bond acceptors (Lipinski definition) is 4. The highest BCUT2D eigenvalue weighted by atomic mass is 19.4. The Morgan fingerprint density at radius 2 is 2.08 bits per heavy atom. The Labute approximate surface area is 151 Å². The fraction of sp³-hybridized carbons (Fsp3) is 0.667. The summed E-state index contributed by atoms with van der Waals surface area (Å²) in [5, 5.41) is 0. The summed E-state index contributed by atoms with van der Waals surface area (Å²) in [6.07, 6.45) is -0.679. The van der Waals surface area contributed by atoms with Crippen molar-refractivity contribution >= 4 is 11.7 Å². The summed E-state index contributed by atoms with van der Waals surface area (Å²) in [4.78, 5) is 20.1. The Morgan fingerprint density at radius 3 is 2.69 bits per heavy atom. The van der Waals surface area contributed by atoms with E-state index in [0.717, 1.165) is 31.4 Å². The van der Waals surface area contributed by atoms with Gasteiger partial charge in [0.2, 0.25) is 5.91 Å². The second-order valence-electron chi connectivity index (χ2n) is 7.11. The summed E-state index contributed by atoms with van der Waals surface area (Å²) in [5.41, 5.74) is -0.687. The lowest BCUT2D eigenvalue weighted by atomic mass is 9.95. The van der Waals surface area contributed by atoms with E-state index >= 15 is 0 Å². The number of carbonyl (C=O) groups is 1. The Hall–Kier alpha value is -1.83. The van der Waals surface area contributed by atoms with Crippen molar-refractivity contribution in [2.45, 2.75) is 25.4 Å². The molecule has 0 aliphatic carbocycles. The number of aromatic nitrogens is 1. The van der Waals surface area contributed by atoms with Crippen LogP contribution >= 0.6 is 0 Å². The molecule has 8 heteroatoms. The van der Waals surface area contributed by atoms with E-state index in [-0.39, 0.29) is 11.8 Å². The molecule has 2 aliphatic heterocycles. The normalized spacial score (nSPS) is 21.8. The number of amides is 1. The molecule has 0 bridgehead atoms. The van der Waals surface area contributed by atoms with Crippen LogP contribution in [-0.4, -0.2) is 55.7 Å². The van der Waals surface area contributed by atoms with Crippen LogP contribution in [0.25, 0.3) is 0 Å². The average Bonchev–Trinajstić information content (AvgIpc) is 3.16. The van der Waals surface area contributed by atoms with Gasteiger partial charge in [0.25, 0.3) is 0 Å². The highest BCUT2D eigenvalue weighted by molar-refractivity contribution is 5.79. The molecule has 144 valence electrons. The molecule has 0 N–H and O–H groups in total. The first kappa shape index (κ1) is 18.9. The molecule has 3 heterocycles. The van der Waals surface area contributed by atoms with Crippen LogP contribution in [0.1, 0.15) is 24.8 Å². The molecule has 1 atom stereocenters. The maximum Gasteiger partial charge on any atom is 0.416 e. The van der Waals surface area contributed by atoms with Gasteiger partial charge in [0, 0.05) is 39.5 Å². The molecule has 0 radical (unpaired) electrons. The number of nitrogens with zero attached hydrogens (tertiary/aromatic N) is 3. The molecule has 2 fully saturated rings. The number of piperidine rings is 1. The topological polar surface area (TPSA) is 45.7 Å². The lowest BCUT2D eigenvalue weighted by Crippen LogP contribution is -2.43. The van der Waals surface area contributed by atoms with E-state index in [0.29, 0.717) is 44.6 Å². The minimum atomic E-state index is -4.37. The second-order valence-corrected chi connectivity index (χ2v) is 7.11. The van der Waals surface area contributed by atoms with Crippen molar-refractivity contribution in [3.05, 3.63) is 23.9 Å². The molecule has 2 saturated heterocycles. The smallest absolute Gasteiger partial charge is 0.381 e. The summed E-state index contributed by atoms with van der Waals surface area (Å²) in [6, 6.07) is 2.06. The van der Waals surface area contributed by atoms with E-state index in [9.17, 15) is 18.0 Å². The fourth-order valence-electron chi connectivity index (χ4n) is 3.61. The third kappa shape index (κ3) is 4.47. The van der Waals surface area contributed by atoms with E-state index in [1.807, 2.05) is 4.90 Å². The summed E-state index contributed by atoms with van der Waals surface area (Å²) in [7, 11) is 1.76. The summed E-state index contributed by atoms with van der Waals surface area (Å²) in [6.45, 7) is 3.20. The van der Waals surface area contributed by atoms with Crippen LogP contribution in [0.3, 0.4) is 0 Å². The average molecular weight is 371 g/mol. The van der Waals surface area contributed by atoms with Crippen molar-refractivity contribution in [2.24, 2.45) is 11.8 Å². The zero-order valence-electron chi connectivity index (χ0n) is 14.8. The molecule has 3 rings (SSSR count). The quantitative estimate of drug-likeness (QED) is 0.817. The minimum absolute atomic E-state index is 0.0106. The van der Waals surface area contributed by atoms with Crippen molar-refractivity contribution in [1.29, 1.82) is 0 Å². The molecule has 1 aromatic heterocycles. The molecular formula is C18H24F3N3O2. The number of rotatable bonds is 4. The zero-order valence-corrected chi connectivity index (χ0v) is 14.8. The van der Waals surface area contributed by atoms with E-state index in [1.165, 1.54) is 6.20 Å². The number of hydrogen-bond donors (Lipinski definition) is 0. The number of pyridine rings is 1. The molecule has 0 aromatic carbocycles. The van der Waals surface area contributed by atoms with Crippen LogP contribution in [0.15, 0.2) is 18.3 Å². The van der Waals surface area contributed by atoms with Crippen LogP contribution in [0, 0.1) is 11.8 Å². The van der Waals surface area contributed by atoms with E-state index in [1.54, 1.807) is 11.9 Å². The maximum absolute atomic E-state index is 12.8. The van der Waals surface area contributed by atoms with Gasteiger partial charge in [-0.15, -0.1) is 0 Å². The zero-order chi connectivity index (χ0) is 18.7. The summed E-state index contributed by atoms with van der Waals surface area (Å²) >= 11 is 0. The number of ether oxygens (including phenoxy) is 1. The monoisotopic (exact) mass is 371 g/mol. The van der Waals surface area contributed by atoms with Crippen LogP contribution in [0.2, 0.25) is 0 Å². The standard InChI is InChI=1S/C18H24F3N3O2/c1-23(16-10-15(2-6-22-16)18(19,20)21)11-13-3-7-24(8-4-13)17(25)14-5-9-26-12-14/h2,6,10,13-14H,3-5,7-9,11-12H2,1H3. The summed E-state index contributed by atoms with van der Waals surface area (Å²) < 4.78 is 43.8. The number of likely N-dealkylation sites (tertiary alicyclic amines) is 1. The minimum Gasteiger partial charge on any atom is -0.381 e. The maximum atomic E-state index is 12.8. The Balaban J connectivity index is 1.52. The lowest BCUT2D eigenvalue weighted by Gasteiger charge is -2.35. The first-order chi connectivity index (χ1) is 12.3. The van der Waals surface area contributed by atoms with Gasteiger partial charge in [0.15, 0.2) is 0 Å². The molecule has 1 unspecified atom stereocenters. The highest BCUT2D eigenvalue weighted by Crippen LogP contribution is 2.31. The van der Waals surface area contributed by atoms with Crippen LogP contribution in [0.4, 0.5) is 19.0 Å². The van der Waals surface area contributed by atoms with Crippen LogP contribution in [0.5, 0.6) is 0 Å². The number of alkyl halides is 3. The first-order valence-corrected chi connectivity index (χ1v) is 8.95. The molecular weight excluding hydrogens is 347 g/mol. The molecule has 0 saturated carbocycles. The van der Waals surface area contributed by atoms with Crippen molar-refractivity contribution in [3.8, 4) is 0 Å². The number of anilines is 1. The van der Waals surface area contributed by atoms with Crippen molar-refractivity contribution in [3.63, 3.8) is 0 Å². The van der Waals surface area contributed by atoms with E-state index in [2.05, 4.69) is 4.98 Å². The van der Waals surface area contributed by atoms with E-state index < -0.39 is 11.7 Å². The lowest BCUT2D eigenvalue weighted by molar-refractivity contribution is -0.138. The molecule has 26 heavy (non-hydrogen) atoms. The predicted octanol–water partition coefficient (Wildman–Crippen LogP) is 2.81. The number of carbonyl (C=O) groups excluding carboxylic acids is 1. The molecule has 1 aromatic rings. The van der Waals surface area contributed by atoms with Crippen LogP contribution < -0.4 is 4.90 Å². The van der Waals surface area contributed by atoms with Gasteiger partial charge in [-0.1, -0.05) is 0 Å². The molecule has 2 aliphatic rings. The van der Waals surface area contributed by atoms with Gasteiger partial charge in [-0.3, -0.25) is 4.79 Å². The van der Waals surface area contributed by atoms with Gasteiger partial charge in [-0.05, 0) is 37.3 Å². The van der Waals surface area contributed by atoms with Gasteiger partial charge >= 0.3 is 6.18 Å². The van der Waals surface area contributed by atoms with Gasteiger partial charge in [-0.25, -0.2) is 4.98 Å². The van der Waals surface area contributed by atoms with Crippen molar-refractivity contribution in [2.75, 3.05) is 44.8 Å². The Kier molecular flexibility index (Phi) is 5.70. The van der Waals surface area contributed by atoms with Crippen LogP contribution in [-0.2, 0) is 15.7 Å². The molecule has 5 nitrogen and oxygen atoms in total. The Bertz CT molecular complexity index is 624. The largest absolute Gasteiger partial charge is 0.416 e. The Morgan fingerprint density at radius 1 is 1.35 bits per heavy atom. The summed E-state index contributed by atoms with van der Waals surface area (Å²) in [5.74, 6) is 0.819. The van der Waals surface area contributed by atoms with Gasteiger partial charge in [0.1, 0.15) is 5.82 Å². The van der Waals surface area contributed by atoms with Gasteiger partial charge in [0.05, 0.1) is 18.1 Å². The first-order valence-electron chi connectivity index (χ1n) is 8.95. The molecule has 0 spiro atoms. The second kappa shape index (κ2) is 7.82. The third-order valence-electron chi connectivity index (χ3n) is 5.20.